The largest absolute Gasteiger partial charge is 0.481 e. The molecule has 2 aromatic carbocycles. The van der Waals surface area contributed by atoms with E-state index in [9.17, 15) is 9.18 Å². The summed E-state index contributed by atoms with van der Waals surface area (Å²) < 4.78 is 19.4. The summed E-state index contributed by atoms with van der Waals surface area (Å²) in [4.78, 5) is 27.5. The second kappa shape index (κ2) is 15.3. The molecule has 2 aliphatic rings. The van der Waals surface area contributed by atoms with Crippen molar-refractivity contribution in [3.8, 4) is 39.5 Å². The molecule has 0 saturated carbocycles. The van der Waals surface area contributed by atoms with Crippen LogP contribution in [0, 0.1) is 5.82 Å². The lowest BCUT2D eigenvalue weighted by molar-refractivity contribution is -0.119. The van der Waals surface area contributed by atoms with Gasteiger partial charge in [-0.15, -0.1) is 0 Å². The zero-order valence-corrected chi connectivity index (χ0v) is 29.9. The van der Waals surface area contributed by atoms with Gasteiger partial charge in [0.15, 0.2) is 0 Å². The molecule has 3 N–H and O–H groups in total. The third-order valence-corrected chi connectivity index (χ3v) is 10.3. The van der Waals surface area contributed by atoms with Crippen LogP contribution in [0.15, 0.2) is 79.1 Å². The smallest absolute Gasteiger partial charge is 0.220 e. The van der Waals surface area contributed by atoms with E-state index in [-0.39, 0.29) is 23.8 Å². The number of hydrogen-bond acceptors (Lipinski definition) is 8. The summed E-state index contributed by atoms with van der Waals surface area (Å²) in [6.07, 6.45) is 5.18. The molecule has 1 fully saturated rings. The van der Waals surface area contributed by atoms with Gasteiger partial charge in [-0.25, -0.2) is 14.4 Å². The maximum absolute atomic E-state index is 13.7. The van der Waals surface area contributed by atoms with E-state index in [1.165, 1.54) is 12.3 Å². The van der Waals surface area contributed by atoms with Crippen LogP contribution >= 0.6 is 23.2 Å². The van der Waals surface area contributed by atoms with E-state index in [4.69, 9.17) is 37.9 Å². The van der Waals surface area contributed by atoms with E-state index in [1.54, 1.807) is 13.3 Å². The molecule has 262 valence electrons. The predicted octanol–water partition coefficient (Wildman–Crippen LogP) is 7.37. The summed E-state index contributed by atoms with van der Waals surface area (Å²) >= 11 is 14.3. The predicted molar refractivity (Wildman–Crippen MR) is 199 cm³/mol. The summed E-state index contributed by atoms with van der Waals surface area (Å²) in [5, 5.41) is 11.0. The third kappa shape index (κ3) is 7.55. The Balaban J connectivity index is 1.13. The Labute approximate surface area is 306 Å². The lowest BCUT2D eigenvalue weighted by Crippen LogP contribution is -2.35. The normalized spacial score (nSPS) is 17.0. The Bertz CT molecular complexity index is 2080. The van der Waals surface area contributed by atoms with Crippen LogP contribution in [0.1, 0.15) is 42.0 Å². The van der Waals surface area contributed by atoms with Gasteiger partial charge in [0.2, 0.25) is 11.8 Å². The Morgan fingerprint density at radius 3 is 2.31 bits per heavy atom. The minimum Gasteiger partial charge on any atom is -0.481 e. The van der Waals surface area contributed by atoms with Crippen LogP contribution in [-0.4, -0.2) is 54.1 Å². The van der Waals surface area contributed by atoms with Gasteiger partial charge >= 0.3 is 0 Å². The van der Waals surface area contributed by atoms with Crippen molar-refractivity contribution in [1.29, 1.82) is 0 Å². The molecule has 51 heavy (non-hydrogen) atoms. The molecule has 0 unspecified atom stereocenters. The maximum Gasteiger partial charge on any atom is 0.220 e. The van der Waals surface area contributed by atoms with E-state index in [0.717, 1.165) is 69.8 Å². The van der Waals surface area contributed by atoms with Gasteiger partial charge in [0.1, 0.15) is 11.6 Å². The first-order chi connectivity index (χ1) is 24.8. The molecule has 0 radical (unpaired) electrons. The van der Waals surface area contributed by atoms with Gasteiger partial charge in [0, 0.05) is 91.3 Å². The van der Waals surface area contributed by atoms with Gasteiger partial charge in [-0.2, -0.15) is 0 Å². The molecule has 7 rings (SSSR count). The van der Waals surface area contributed by atoms with Gasteiger partial charge in [0.05, 0.1) is 34.7 Å². The van der Waals surface area contributed by atoms with E-state index < -0.39 is 0 Å². The van der Waals surface area contributed by atoms with Gasteiger partial charge in [-0.3, -0.25) is 9.78 Å². The fourth-order valence-electron chi connectivity index (χ4n) is 6.79. The molecule has 3 aromatic heterocycles. The number of pyridine rings is 3. The van der Waals surface area contributed by atoms with E-state index in [1.807, 2.05) is 61.6 Å². The zero-order valence-electron chi connectivity index (χ0n) is 28.3. The van der Waals surface area contributed by atoms with Crippen molar-refractivity contribution >= 4 is 34.9 Å². The van der Waals surface area contributed by atoms with Crippen molar-refractivity contribution in [3.05, 3.63) is 112 Å². The number of carbonyl (C=O) groups is 1. The highest BCUT2D eigenvalue weighted by molar-refractivity contribution is 6.39. The van der Waals surface area contributed by atoms with Gasteiger partial charge in [-0.05, 0) is 36.6 Å². The number of hydrogen-bond donors (Lipinski definition) is 3. The molecule has 2 atom stereocenters. The highest BCUT2D eigenvalue weighted by Crippen LogP contribution is 2.43. The number of halogens is 3. The number of anilines is 1. The topological polar surface area (TPSA) is 104 Å². The standard InChI is InChI=1S/C39H38Cl2FN7O2/c1-49-16-15-32(45-19-23-17-25(42)21-43-18-23)31-11-13-33(47-38(31)49)29-7-3-5-27(36(29)40)28-6-4-8-30(37(28)41)34-12-9-24(39(48-34)51-2)20-44-22-26-10-14-35(50)46-26/h3-9,11-13,17-18,21,26,32,44-45H,10,14-16,19-20,22H2,1-2H3,(H,46,50)/t26-,32-/m0/s1. The average molecular weight is 727 g/mol. The lowest BCUT2D eigenvalue weighted by Gasteiger charge is -2.33. The summed E-state index contributed by atoms with van der Waals surface area (Å²) in [5.74, 6) is 1.13. The van der Waals surface area contributed by atoms with Crippen LogP contribution in [0.4, 0.5) is 10.2 Å². The molecular formula is C39H38Cl2FN7O2. The summed E-state index contributed by atoms with van der Waals surface area (Å²) in [7, 11) is 3.64. The first kappa shape index (κ1) is 34.8. The highest BCUT2D eigenvalue weighted by atomic mass is 35.5. The monoisotopic (exact) mass is 725 g/mol. The Morgan fingerprint density at radius 2 is 1.63 bits per heavy atom. The van der Waals surface area contributed by atoms with Gasteiger partial charge in [-0.1, -0.05) is 71.7 Å². The number of methoxy groups -OCH3 is 1. The number of amides is 1. The van der Waals surface area contributed by atoms with Crippen molar-refractivity contribution in [2.24, 2.45) is 0 Å². The van der Waals surface area contributed by atoms with E-state index >= 15 is 0 Å². The Morgan fingerprint density at radius 1 is 0.922 bits per heavy atom. The average Bonchev–Trinajstić information content (AvgIpc) is 3.56. The molecule has 9 nitrogen and oxygen atoms in total. The second-order valence-corrected chi connectivity index (χ2v) is 13.7. The molecule has 0 spiro atoms. The minimum atomic E-state index is -0.347. The number of ether oxygens (including phenoxy) is 1. The molecular weight excluding hydrogens is 688 g/mol. The van der Waals surface area contributed by atoms with E-state index in [0.29, 0.717) is 47.7 Å². The fraction of sp³-hybridized carbons (Fsp3) is 0.282. The Kier molecular flexibility index (Phi) is 10.5. The molecule has 0 bridgehead atoms. The molecule has 1 amide bonds. The summed E-state index contributed by atoms with van der Waals surface area (Å²) in [6.45, 7) is 2.54. The van der Waals surface area contributed by atoms with Crippen LogP contribution < -0.4 is 25.6 Å². The first-order valence-electron chi connectivity index (χ1n) is 17.0. The van der Waals surface area contributed by atoms with Gasteiger partial charge in [0.25, 0.3) is 0 Å². The fourth-order valence-corrected chi connectivity index (χ4v) is 7.44. The highest BCUT2D eigenvalue weighted by Gasteiger charge is 2.26. The van der Waals surface area contributed by atoms with Crippen LogP contribution in [-0.2, 0) is 17.9 Å². The SMILES string of the molecule is COc1nc(-c2cccc(-c3cccc(-c4ccc5c(n4)N(C)CC[C@@H]5NCc4cncc(F)c4)c3Cl)c2Cl)ccc1CNC[C@@H]1CCC(=O)N1. The molecule has 1 saturated heterocycles. The summed E-state index contributed by atoms with van der Waals surface area (Å²) in [5.41, 5.74) is 7.30. The van der Waals surface area contributed by atoms with Crippen molar-refractivity contribution in [2.75, 3.05) is 32.1 Å². The van der Waals surface area contributed by atoms with E-state index in [2.05, 4.69) is 31.9 Å². The lowest BCUT2D eigenvalue weighted by atomic mass is 9.96. The first-order valence-corrected chi connectivity index (χ1v) is 17.7. The summed E-state index contributed by atoms with van der Waals surface area (Å²) in [6, 6.07) is 21.4. The second-order valence-electron chi connectivity index (χ2n) is 12.9. The van der Waals surface area contributed by atoms with Crippen molar-refractivity contribution in [3.63, 3.8) is 0 Å². The quantitative estimate of drug-likeness (QED) is 0.130. The maximum atomic E-state index is 13.7. The molecule has 5 aromatic rings. The van der Waals surface area contributed by atoms with Gasteiger partial charge < -0.3 is 25.6 Å². The molecule has 12 heteroatoms. The van der Waals surface area contributed by atoms with Crippen molar-refractivity contribution < 1.29 is 13.9 Å². The van der Waals surface area contributed by atoms with Crippen LogP contribution in [0.25, 0.3) is 33.6 Å². The number of carbonyl (C=O) groups excluding carboxylic acids is 1. The molecule has 2 aliphatic heterocycles. The minimum absolute atomic E-state index is 0.0584. The number of nitrogens with zero attached hydrogens (tertiary/aromatic N) is 4. The number of nitrogens with one attached hydrogen (secondary N) is 3. The zero-order chi connectivity index (χ0) is 35.5. The van der Waals surface area contributed by atoms with Crippen LogP contribution in [0.2, 0.25) is 10.0 Å². The van der Waals surface area contributed by atoms with Crippen LogP contribution in [0.5, 0.6) is 5.88 Å². The number of rotatable bonds is 11. The number of benzene rings is 2. The Hall–Kier alpha value is -4.61. The number of fused-ring (bicyclic) bond motifs is 1. The number of aromatic nitrogens is 3. The molecule has 5 heterocycles. The van der Waals surface area contributed by atoms with Crippen LogP contribution in [0.3, 0.4) is 0 Å². The third-order valence-electron chi connectivity index (χ3n) is 9.47. The molecule has 0 aliphatic carbocycles. The van der Waals surface area contributed by atoms with Crippen molar-refractivity contribution in [1.82, 2.24) is 30.9 Å². The van der Waals surface area contributed by atoms with Crippen molar-refractivity contribution in [2.45, 2.75) is 44.4 Å².